The topological polar surface area (TPSA) is 88.7 Å². The SMILES string of the molecule is CC.CCCc1ncc(Cc2cc3cc(OC)ccc3nc2OCCN)c2cc(OC)c(OC)cc12. The summed E-state index contributed by atoms with van der Waals surface area (Å²) in [5.74, 6) is 2.74. The van der Waals surface area contributed by atoms with Crippen molar-refractivity contribution in [1.29, 1.82) is 0 Å². The highest BCUT2D eigenvalue weighted by Crippen LogP contribution is 2.36. The van der Waals surface area contributed by atoms with Crippen LogP contribution in [0, 0.1) is 0 Å². The van der Waals surface area contributed by atoms with Crippen LogP contribution in [-0.2, 0) is 12.8 Å². The molecule has 7 heteroatoms. The minimum absolute atomic E-state index is 0.390. The van der Waals surface area contributed by atoms with Crippen molar-refractivity contribution in [2.75, 3.05) is 34.5 Å². The number of nitrogens with zero attached hydrogens (tertiary/aromatic N) is 2. The molecule has 0 unspecified atom stereocenters. The van der Waals surface area contributed by atoms with Gasteiger partial charge in [-0.3, -0.25) is 4.98 Å². The summed E-state index contributed by atoms with van der Waals surface area (Å²) in [6.45, 7) is 6.95. The molecule has 0 spiro atoms. The molecule has 2 N–H and O–H groups in total. The van der Waals surface area contributed by atoms with Crippen molar-refractivity contribution in [3.63, 3.8) is 0 Å². The molecule has 36 heavy (non-hydrogen) atoms. The Balaban J connectivity index is 0.00000176. The molecule has 4 aromatic rings. The number of hydrogen-bond acceptors (Lipinski definition) is 7. The summed E-state index contributed by atoms with van der Waals surface area (Å²) < 4.78 is 22.5. The predicted molar refractivity (Wildman–Crippen MR) is 146 cm³/mol. The molecular weight excluding hydrogens is 454 g/mol. The van der Waals surface area contributed by atoms with Crippen LogP contribution >= 0.6 is 0 Å². The van der Waals surface area contributed by atoms with Crippen molar-refractivity contribution in [1.82, 2.24) is 9.97 Å². The van der Waals surface area contributed by atoms with Gasteiger partial charge in [-0.2, -0.15) is 0 Å². The van der Waals surface area contributed by atoms with Crippen molar-refractivity contribution >= 4 is 21.7 Å². The van der Waals surface area contributed by atoms with Crippen LogP contribution in [0.5, 0.6) is 23.1 Å². The van der Waals surface area contributed by atoms with Gasteiger partial charge in [-0.15, -0.1) is 0 Å². The lowest BCUT2D eigenvalue weighted by Gasteiger charge is -2.16. The van der Waals surface area contributed by atoms with Crippen LogP contribution in [0.3, 0.4) is 0 Å². The zero-order valence-corrected chi connectivity index (χ0v) is 22.2. The van der Waals surface area contributed by atoms with Crippen LogP contribution in [0.2, 0.25) is 0 Å². The lowest BCUT2D eigenvalue weighted by molar-refractivity contribution is 0.314. The molecule has 0 fully saturated rings. The Kier molecular flexibility index (Phi) is 9.70. The van der Waals surface area contributed by atoms with E-state index in [1.807, 2.05) is 50.4 Å². The third-order valence-electron chi connectivity index (χ3n) is 5.84. The number of aryl methyl sites for hydroxylation is 1. The standard InChI is InChI=1S/C27H31N3O4.C2H6/c1-5-6-24-22-15-26(33-4)25(32-3)14-21(22)19(16-29-24)12-18-11-17-13-20(31-2)7-8-23(17)30-27(18)34-10-9-28;1-2/h7-8,11,13-16H,5-6,9-10,12,28H2,1-4H3;1-2H3. The third-order valence-corrected chi connectivity index (χ3v) is 5.84. The summed E-state index contributed by atoms with van der Waals surface area (Å²) in [7, 11) is 4.96. The van der Waals surface area contributed by atoms with Crippen molar-refractivity contribution in [2.45, 2.75) is 40.0 Å². The Morgan fingerprint density at radius 3 is 2.22 bits per heavy atom. The van der Waals surface area contributed by atoms with Gasteiger partial charge in [0, 0.05) is 41.2 Å². The zero-order chi connectivity index (χ0) is 26.1. The maximum atomic E-state index is 5.95. The van der Waals surface area contributed by atoms with Gasteiger partial charge in [0.1, 0.15) is 12.4 Å². The number of aromatic nitrogens is 2. The fraction of sp³-hybridized carbons (Fsp3) is 0.379. The van der Waals surface area contributed by atoms with E-state index in [1.54, 1.807) is 21.3 Å². The first-order chi connectivity index (χ1) is 17.6. The van der Waals surface area contributed by atoms with E-state index in [2.05, 4.69) is 13.0 Å². The van der Waals surface area contributed by atoms with Gasteiger partial charge in [-0.05, 0) is 53.8 Å². The summed E-state index contributed by atoms with van der Waals surface area (Å²) in [6, 6.07) is 12.0. The maximum absolute atomic E-state index is 5.95. The van der Waals surface area contributed by atoms with Crippen molar-refractivity contribution in [3.05, 3.63) is 59.4 Å². The maximum Gasteiger partial charge on any atom is 0.217 e. The molecule has 2 aromatic carbocycles. The first-order valence-electron chi connectivity index (χ1n) is 12.4. The molecule has 0 atom stereocenters. The van der Waals surface area contributed by atoms with Crippen molar-refractivity contribution < 1.29 is 18.9 Å². The van der Waals surface area contributed by atoms with Gasteiger partial charge in [-0.25, -0.2) is 4.98 Å². The van der Waals surface area contributed by atoms with Gasteiger partial charge in [0.25, 0.3) is 0 Å². The fourth-order valence-electron chi connectivity index (χ4n) is 4.18. The summed E-state index contributed by atoms with van der Waals surface area (Å²) in [5, 5.41) is 3.12. The van der Waals surface area contributed by atoms with Crippen LogP contribution in [0.25, 0.3) is 21.7 Å². The fourth-order valence-corrected chi connectivity index (χ4v) is 4.18. The Bertz CT molecular complexity index is 1310. The lowest BCUT2D eigenvalue weighted by atomic mass is 9.97. The van der Waals surface area contributed by atoms with E-state index < -0.39 is 0 Å². The minimum atomic E-state index is 0.390. The molecule has 0 aliphatic rings. The number of rotatable bonds is 10. The molecule has 0 saturated heterocycles. The van der Waals surface area contributed by atoms with E-state index >= 15 is 0 Å². The average molecular weight is 492 g/mol. The monoisotopic (exact) mass is 491 g/mol. The second-order valence-corrected chi connectivity index (χ2v) is 8.06. The highest BCUT2D eigenvalue weighted by atomic mass is 16.5. The van der Waals surface area contributed by atoms with Gasteiger partial charge < -0.3 is 24.7 Å². The van der Waals surface area contributed by atoms with Crippen molar-refractivity contribution in [2.24, 2.45) is 5.73 Å². The summed E-state index contributed by atoms with van der Waals surface area (Å²) in [6.07, 6.45) is 4.42. The second kappa shape index (κ2) is 12.9. The minimum Gasteiger partial charge on any atom is -0.497 e. The first kappa shape index (κ1) is 27.0. The third kappa shape index (κ3) is 5.79. The molecule has 2 aromatic heterocycles. The number of nitrogens with two attached hydrogens (primary N) is 1. The molecule has 0 aliphatic heterocycles. The van der Waals surface area contributed by atoms with E-state index in [4.69, 9.17) is 34.6 Å². The highest BCUT2D eigenvalue weighted by molar-refractivity contribution is 5.91. The summed E-state index contributed by atoms with van der Waals surface area (Å²) in [4.78, 5) is 9.58. The summed E-state index contributed by atoms with van der Waals surface area (Å²) in [5.41, 5.74) is 9.59. The van der Waals surface area contributed by atoms with Gasteiger partial charge in [0.05, 0.1) is 26.8 Å². The van der Waals surface area contributed by atoms with Crippen LogP contribution in [0.15, 0.2) is 42.6 Å². The zero-order valence-electron chi connectivity index (χ0n) is 22.2. The molecule has 0 aliphatic carbocycles. The van der Waals surface area contributed by atoms with E-state index in [0.717, 1.165) is 57.1 Å². The van der Waals surface area contributed by atoms with Crippen LogP contribution in [0.1, 0.15) is 44.0 Å². The highest BCUT2D eigenvalue weighted by Gasteiger charge is 2.16. The number of hydrogen-bond donors (Lipinski definition) is 1. The van der Waals surface area contributed by atoms with Gasteiger partial charge in [0.2, 0.25) is 5.88 Å². The number of benzene rings is 2. The molecule has 2 heterocycles. The smallest absolute Gasteiger partial charge is 0.217 e. The predicted octanol–water partition coefficient (Wildman–Crippen LogP) is 5.72. The van der Waals surface area contributed by atoms with Crippen molar-refractivity contribution in [3.8, 4) is 23.1 Å². The van der Waals surface area contributed by atoms with Gasteiger partial charge >= 0.3 is 0 Å². The molecule has 0 radical (unpaired) electrons. The molecule has 0 bridgehead atoms. The molecule has 192 valence electrons. The van der Waals surface area contributed by atoms with Crippen LogP contribution in [-0.4, -0.2) is 44.4 Å². The quantitative estimate of drug-likeness (QED) is 0.304. The number of ether oxygens (including phenoxy) is 4. The average Bonchev–Trinajstić information content (AvgIpc) is 2.93. The Morgan fingerprint density at radius 1 is 0.861 bits per heavy atom. The molecule has 4 rings (SSSR count). The van der Waals surface area contributed by atoms with E-state index in [-0.39, 0.29) is 0 Å². The van der Waals surface area contributed by atoms with E-state index in [9.17, 15) is 0 Å². The van der Waals surface area contributed by atoms with Gasteiger partial charge in [0.15, 0.2) is 11.5 Å². The van der Waals surface area contributed by atoms with Gasteiger partial charge in [-0.1, -0.05) is 27.2 Å². The second-order valence-electron chi connectivity index (χ2n) is 8.06. The number of fused-ring (bicyclic) bond motifs is 2. The van der Waals surface area contributed by atoms with Crippen LogP contribution in [0.4, 0.5) is 0 Å². The van der Waals surface area contributed by atoms with Crippen LogP contribution < -0.4 is 24.7 Å². The Morgan fingerprint density at radius 2 is 1.58 bits per heavy atom. The number of methoxy groups -OCH3 is 3. The molecule has 0 amide bonds. The lowest BCUT2D eigenvalue weighted by Crippen LogP contribution is -2.12. The Labute approximate surface area is 213 Å². The largest absolute Gasteiger partial charge is 0.497 e. The summed E-state index contributed by atoms with van der Waals surface area (Å²) >= 11 is 0. The molecular formula is C29H37N3O4. The Hall–Kier alpha value is -3.58. The molecule has 7 nitrogen and oxygen atoms in total. The van der Waals surface area contributed by atoms with E-state index in [1.165, 1.54) is 0 Å². The molecule has 0 saturated carbocycles. The number of pyridine rings is 2. The van der Waals surface area contributed by atoms with E-state index in [0.29, 0.717) is 37.0 Å². The normalized spacial score (nSPS) is 10.6. The first-order valence-corrected chi connectivity index (χ1v) is 12.4.